The second kappa shape index (κ2) is 9.14. The molecule has 32 heavy (non-hydrogen) atoms. The number of carbonyl (C=O) groups is 2. The number of nitrogens with one attached hydrogen (secondary N) is 1. The number of hydrogen-bond donors (Lipinski definition) is 1. The van der Waals surface area contributed by atoms with Crippen LogP contribution in [0.2, 0.25) is 0 Å². The number of anilines is 1. The van der Waals surface area contributed by atoms with Crippen molar-refractivity contribution in [3.05, 3.63) is 95.0 Å². The first-order valence-corrected chi connectivity index (χ1v) is 12.3. The van der Waals surface area contributed by atoms with E-state index in [1.54, 1.807) is 40.1 Å². The normalized spacial score (nSPS) is 15.8. The molecule has 4 aromatic rings. The van der Waals surface area contributed by atoms with Crippen LogP contribution in [0.5, 0.6) is 0 Å². The molecule has 2 heterocycles. The number of aromatic nitrogens is 1. The van der Waals surface area contributed by atoms with E-state index in [9.17, 15) is 9.59 Å². The van der Waals surface area contributed by atoms with Crippen LogP contribution in [0.25, 0.3) is 10.2 Å². The number of amides is 2. The Morgan fingerprint density at radius 1 is 0.969 bits per heavy atom. The van der Waals surface area contributed by atoms with Crippen LogP contribution in [0.3, 0.4) is 0 Å². The summed E-state index contributed by atoms with van der Waals surface area (Å²) in [6.45, 7) is 0. The molecule has 7 heteroatoms. The van der Waals surface area contributed by atoms with Crippen molar-refractivity contribution in [1.82, 2.24) is 9.88 Å². The van der Waals surface area contributed by atoms with E-state index < -0.39 is 6.04 Å². The monoisotopic (exact) mass is 459 g/mol. The summed E-state index contributed by atoms with van der Waals surface area (Å²) in [4.78, 5) is 32.1. The molecule has 1 fully saturated rings. The van der Waals surface area contributed by atoms with Crippen LogP contribution in [-0.4, -0.2) is 39.4 Å². The largest absolute Gasteiger partial charge is 0.324 e. The lowest BCUT2D eigenvalue weighted by Crippen LogP contribution is -2.44. The Kier molecular flexibility index (Phi) is 5.92. The third-order valence-electron chi connectivity index (χ3n) is 5.38. The van der Waals surface area contributed by atoms with E-state index in [0.29, 0.717) is 17.2 Å². The van der Waals surface area contributed by atoms with Gasteiger partial charge in [0.05, 0.1) is 21.1 Å². The molecule has 0 bridgehead atoms. The van der Waals surface area contributed by atoms with Gasteiger partial charge in [-0.3, -0.25) is 9.59 Å². The minimum atomic E-state index is -0.477. The molecule has 1 aromatic heterocycles. The van der Waals surface area contributed by atoms with Gasteiger partial charge in [-0.25, -0.2) is 4.98 Å². The van der Waals surface area contributed by atoms with Gasteiger partial charge in [-0.2, -0.15) is 0 Å². The molecule has 5 rings (SSSR count). The van der Waals surface area contributed by atoms with E-state index in [-0.39, 0.29) is 11.8 Å². The average molecular weight is 460 g/mol. The quantitative estimate of drug-likeness (QED) is 0.454. The van der Waals surface area contributed by atoms with Crippen molar-refractivity contribution in [3.8, 4) is 0 Å². The van der Waals surface area contributed by atoms with E-state index in [4.69, 9.17) is 0 Å². The van der Waals surface area contributed by atoms with Crippen LogP contribution < -0.4 is 5.32 Å². The van der Waals surface area contributed by atoms with Crippen LogP contribution >= 0.6 is 23.1 Å². The fraction of sp³-hybridized carbons (Fsp3) is 0.160. The van der Waals surface area contributed by atoms with E-state index >= 15 is 0 Å². The number of rotatable bonds is 5. The summed E-state index contributed by atoms with van der Waals surface area (Å²) in [5.41, 5.74) is 3.50. The number of thioether (sulfide) groups is 1. The highest BCUT2D eigenvalue weighted by Crippen LogP contribution is 2.26. The van der Waals surface area contributed by atoms with Gasteiger partial charge in [0.15, 0.2) is 0 Å². The summed E-state index contributed by atoms with van der Waals surface area (Å²) in [6.07, 6.45) is 0.756. The molecule has 5 nitrogen and oxygen atoms in total. The van der Waals surface area contributed by atoms with Crippen molar-refractivity contribution in [1.29, 1.82) is 0 Å². The molecule has 1 N–H and O–H groups in total. The molecule has 3 aromatic carbocycles. The fourth-order valence-electron chi connectivity index (χ4n) is 3.71. The molecular weight excluding hydrogens is 438 g/mol. The van der Waals surface area contributed by atoms with Crippen molar-refractivity contribution in [3.63, 3.8) is 0 Å². The molecule has 1 aliphatic heterocycles. The third kappa shape index (κ3) is 4.40. The molecule has 2 amide bonds. The highest BCUT2D eigenvalue weighted by molar-refractivity contribution is 7.99. The molecule has 0 saturated carbocycles. The second-order valence-corrected chi connectivity index (χ2v) is 9.71. The van der Waals surface area contributed by atoms with Crippen LogP contribution in [-0.2, 0) is 11.2 Å². The summed E-state index contributed by atoms with van der Waals surface area (Å²) >= 11 is 3.30. The Bertz CT molecular complexity index is 1220. The molecule has 160 valence electrons. The molecule has 0 spiro atoms. The molecule has 1 unspecified atom stereocenters. The van der Waals surface area contributed by atoms with E-state index in [1.165, 1.54) is 4.70 Å². The third-order valence-corrected chi connectivity index (χ3v) is 7.43. The van der Waals surface area contributed by atoms with Crippen LogP contribution in [0.15, 0.2) is 78.9 Å². The fourth-order valence-corrected chi connectivity index (χ4v) is 5.86. The summed E-state index contributed by atoms with van der Waals surface area (Å²) in [5.74, 6) is 0.854. The lowest BCUT2D eigenvalue weighted by molar-refractivity contribution is -0.119. The summed E-state index contributed by atoms with van der Waals surface area (Å²) in [6, 6.07) is 24.6. The smallest absolute Gasteiger partial charge is 0.255 e. The zero-order chi connectivity index (χ0) is 21.9. The number of fused-ring (bicyclic) bond motifs is 1. The van der Waals surface area contributed by atoms with Gasteiger partial charge in [0, 0.05) is 23.4 Å². The second-order valence-electron chi connectivity index (χ2n) is 7.59. The van der Waals surface area contributed by atoms with Crippen molar-refractivity contribution in [2.45, 2.75) is 12.5 Å². The Balaban J connectivity index is 1.23. The average Bonchev–Trinajstić information content (AvgIpc) is 3.47. The number of hydrogen-bond acceptors (Lipinski definition) is 5. The lowest BCUT2D eigenvalue weighted by Gasteiger charge is -2.23. The zero-order valence-electron chi connectivity index (χ0n) is 17.2. The molecule has 1 aliphatic rings. The molecule has 1 saturated heterocycles. The highest BCUT2D eigenvalue weighted by Gasteiger charge is 2.35. The first kappa shape index (κ1) is 20.7. The van der Waals surface area contributed by atoms with Gasteiger partial charge in [-0.05, 0) is 42.0 Å². The number of carbonyl (C=O) groups excluding carboxylic acids is 2. The zero-order valence-corrected chi connectivity index (χ0v) is 18.9. The topological polar surface area (TPSA) is 62.3 Å². The minimum absolute atomic E-state index is 0.109. The van der Waals surface area contributed by atoms with Gasteiger partial charge in [0.2, 0.25) is 5.91 Å². The van der Waals surface area contributed by atoms with Crippen molar-refractivity contribution in [2.75, 3.05) is 16.9 Å². The summed E-state index contributed by atoms with van der Waals surface area (Å²) < 4.78 is 1.19. The number of para-hydroxylation sites is 1. The number of thiazole rings is 1. The lowest BCUT2D eigenvalue weighted by atomic mass is 10.1. The van der Waals surface area contributed by atoms with Gasteiger partial charge < -0.3 is 10.2 Å². The van der Waals surface area contributed by atoms with E-state index in [1.807, 2.05) is 60.7 Å². The maximum absolute atomic E-state index is 12.9. The standard InChI is InChI=1S/C25H21N3O2S2/c29-24(21-15-31-16-28(21)25(30)18-6-2-1-3-7-18)26-19-12-10-17(11-13-19)14-23-27-20-8-4-5-9-22(20)32-23/h1-13,21H,14-16H2,(H,26,29). The van der Waals surface area contributed by atoms with Gasteiger partial charge in [-0.15, -0.1) is 23.1 Å². The summed E-state index contributed by atoms with van der Waals surface area (Å²) in [5, 5.41) is 4.04. The van der Waals surface area contributed by atoms with Crippen LogP contribution in [0, 0.1) is 0 Å². The maximum Gasteiger partial charge on any atom is 0.255 e. The van der Waals surface area contributed by atoms with Crippen LogP contribution in [0.4, 0.5) is 5.69 Å². The number of benzene rings is 3. The first-order valence-electron chi connectivity index (χ1n) is 10.4. The predicted molar refractivity (Wildman–Crippen MR) is 131 cm³/mol. The molecular formula is C25H21N3O2S2. The van der Waals surface area contributed by atoms with Gasteiger partial charge in [0.25, 0.3) is 5.91 Å². The van der Waals surface area contributed by atoms with Crippen molar-refractivity contribution >= 4 is 50.8 Å². The van der Waals surface area contributed by atoms with Gasteiger partial charge in [0.1, 0.15) is 6.04 Å². The van der Waals surface area contributed by atoms with Gasteiger partial charge >= 0.3 is 0 Å². The van der Waals surface area contributed by atoms with Crippen molar-refractivity contribution < 1.29 is 9.59 Å². The van der Waals surface area contributed by atoms with Crippen LogP contribution in [0.1, 0.15) is 20.9 Å². The maximum atomic E-state index is 12.9. The Morgan fingerprint density at radius 3 is 2.50 bits per heavy atom. The predicted octanol–water partition coefficient (Wildman–Crippen LogP) is 5.04. The Labute approximate surface area is 194 Å². The highest BCUT2D eigenvalue weighted by atomic mass is 32.2. The summed E-state index contributed by atoms with van der Waals surface area (Å²) in [7, 11) is 0. The Hall–Kier alpha value is -3.16. The van der Waals surface area contributed by atoms with E-state index in [2.05, 4.69) is 16.4 Å². The SMILES string of the molecule is O=C(Nc1ccc(Cc2nc3ccccc3s2)cc1)C1CSCN1C(=O)c1ccccc1. The molecule has 0 radical (unpaired) electrons. The minimum Gasteiger partial charge on any atom is -0.324 e. The molecule has 0 aliphatic carbocycles. The molecule has 1 atom stereocenters. The number of nitrogens with zero attached hydrogens (tertiary/aromatic N) is 2. The van der Waals surface area contributed by atoms with Crippen molar-refractivity contribution in [2.24, 2.45) is 0 Å². The van der Waals surface area contributed by atoms with E-state index in [0.717, 1.165) is 28.2 Å². The Morgan fingerprint density at radius 2 is 1.72 bits per heavy atom. The first-order chi connectivity index (χ1) is 15.7. The van der Waals surface area contributed by atoms with Gasteiger partial charge in [-0.1, -0.05) is 42.5 Å².